The van der Waals surface area contributed by atoms with Gasteiger partial charge in [-0.2, -0.15) is 0 Å². The minimum atomic E-state index is -0.134. The zero-order valence-corrected chi connectivity index (χ0v) is 9.06. The van der Waals surface area contributed by atoms with Crippen molar-refractivity contribution in [3.8, 4) is 0 Å². The lowest BCUT2D eigenvalue weighted by Crippen LogP contribution is -2.17. The predicted octanol–water partition coefficient (Wildman–Crippen LogP) is 1.78. The molecule has 3 heteroatoms. The molecule has 0 saturated carbocycles. The molecule has 0 N–H and O–H groups in total. The molecule has 0 amide bonds. The molecular formula is C12H15NO2. The van der Waals surface area contributed by atoms with E-state index in [0.29, 0.717) is 6.42 Å². The number of rotatable bonds is 2. The summed E-state index contributed by atoms with van der Waals surface area (Å²) in [4.78, 5) is 13.4. The van der Waals surface area contributed by atoms with Crippen molar-refractivity contribution in [2.45, 2.75) is 12.3 Å². The Bertz CT molecular complexity index is 376. The number of carbonyl (C=O) groups excluding carboxylic acids is 1. The molecule has 0 fully saturated rings. The third kappa shape index (κ3) is 1.82. The van der Waals surface area contributed by atoms with Gasteiger partial charge in [-0.3, -0.25) is 4.79 Å². The van der Waals surface area contributed by atoms with Gasteiger partial charge < -0.3 is 9.64 Å². The van der Waals surface area contributed by atoms with E-state index in [4.69, 9.17) is 4.74 Å². The molecule has 1 aliphatic heterocycles. The van der Waals surface area contributed by atoms with Crippen LogP contribution in [-0.4, -0.2) is 26.7 Å². The Balaban J connectivity index is 2.21. The lowest BCUT2D eigenvalue weighted by molar-refractivity contribution is -0.140. The summed E-state index contributed by atoms with van der Waals surface area (Å²) in [6.45, 7) is 0.897. The van der Waals surface area contributed by atoms with Crippen molar-refractivity contribution in [1.82, 2.24) is 0 Å². The normalized spacial score (nSPS) is 18.8. The number of carbonyl (C=O) groups is 1. The Morgan fingerprint density at radius 2 is 2.27 bits per heavy atom. The number of hydrogen-bond acceptors (Lipinski definition) is 3. The van der Waals surface area contributed by atoms with Crippen molar-refractivity contribution in [3.05, 3.63) is 29.8 Å². The van der Waals surface area contributed by atoms with Crippen LogP contribution in [0.25, 0.3) is 0 Å². The van der Waals surface area contributed by atoms with Crippen LogP contribution < -0.4 is 4.90 Å². The number of methoxy groups -OCH3 is 1. The summed E-state index contributed by atoms with van der Waals surface area (Å²) in [6.07, 6.45) is 0.470. The topological polar surface area (TPSA) is 29.5 Å². The second-order valence-electron chi connectivity index (χ2n) is 3.92. The Kier molecular flexibility index (Phi) is 2.62. The Labute approximate surface area is 89.7 Å². The molecule has 0 radical (unpaired) electrons. The number of esters is 1. The molecule has 0 aromatic heterocycles. The zero-order chi connectivity index (χ0) is 10.8. The molecular weight excluding hydrogens is 190 g/mol. The smallest absolute Gasteiger partial charge is 0.306 e. The van der Waals surface area contributed by atoms with Crippen LogP contribution in [0.2, 0.25) is 0 Å². The lowest BCUT2D eigenvalue weighted by atomic mass is 9.98. The number of likely N-dealkylation sites (N-methyl/N-ethyl adjacent to an activating group) is 1. The first-order valence-electron chi connectivity index (χ1n) is 5.09. The molecule has 1 aromatic carbocycles. The monoisotopic (exact) mass is 205 g/mol. The summed E-state index contributed by atoms with van der Waals surface area (Å²) < 4.78 is 4.70. The van der Waals surface area contributed by atoms with E-state index in [1.54, 1.807) is 0 Å². The van der Waals surface area contributed by atoms with Gasteiger partial charge >= 0.3 is 5.97 Å². The largest absolute Gasteiger partial charge is 0.469 e. The molecule has 0 saturated heterocycles. The van der Waals surface area contributed by atoms with Gasteiger partial charge in [0.2, 0.25) is 0 Å². The standard InChI is InChI=1S/C12H15NO2/c1-13-8-9(7-12(14)15-2)10-5-3-4-6-11(10)13/h3-6,9H,7-8H2,1-2H3. The molecule has 1 atom stereocenters. The van der Waals surface area contributed by atoms with E-state index in [0.717, 1.165) is 6.54 Å². The van der Waals surface area contributed by atoms with Crippen molar-refractivity contribution in [2.75, 3.05) is 25.6 Å². The summed E-state index contributed by atoms with van der Waals surface area (Å²) in [5, 5.41) is 0. The Morgan fingerprint density at radius 1 is 1.53 bits per heavy atom. The second kappa shape index (κ2) is 3.93. The number of benzene rings is 1. The fourth-order valence-electron chi connectivity index (χ4n) is 2.17. The molecule has 15 heavy (non-hydrogen) atoms. The van der Waals surface area contributed by atoms with Gasteiger partial charge in [-0.1, -0.05) is 18.2 Å². The van der Waals surface area contributed by atoms with Crippen molar-refractivity contribution in [2.24, 2.45) is 0 Å². The van der Waals surface area contributed by atoms with Crippen LogP contribution in [0, 0.1) is 0 Å². The average molecular weight is 205 g/mol. The van der Waals surface area contributed by atoms with Gasteiger partial charge in [0.05, 0.1) is 13.5 Å². The van der Waals surface area contributed by atoms with Crippen LogP contribution in [0.1, 0.15) is 17.9 Å². The summed E-state index contributed by atoms with van der Waals surface area (Å²) in [5.41, 5.74) is 2.48. The van der Waals surface area contributed by atoms with Crippen molar-refractivity contribution in [3.63, 3.8) is 0 Å². The zero-order valence-electron chi connectivity index (χ0n) is 9.06. The highest BCUT2D eigenvalue weighted by atomic mass is 16.5. The van der Waals surface area contributed by atoms with Crippen LogP contribution in [0.15, 0.2) is 24.3 Å². The summed E-state index contributed by atoms with van der Waals surface area (Å²) in [6, 6.07) is 8.22. The molecule has 1 heterocycles. The highest BCUT2D eigenvalue weighted by Crippen LogP contribution is 2.36. The predicted molar refractivity (Wildman–Crippen MR) is 59.1 cm³/mol. The number of nitrogens with zero attached hydrogens (tertiary/aromatic N) is 1. The molecule has 3 nitrogen and oxygen atoms in total. The quantitative estimate of drug-likeness (QED) is 0.689. The van der Waals surface area contributed by atoms with E-state index in [2.05, 4.69) is 24.1 Å². The van der Waals surface area contributed by atoms with Gasteiger partial charge in [0, 0.05) is 25.2 Å². The minimum Gasteiger partial charge on any atom is -0.469 e. The highest BCUT2D eigenvalue weighted by Gasteiger charge is 2.27. The first kappa shape index (κ1) is 10.0. The van der Waals surface area contributed by atoms with Gasteiger partial charge in [0.15, 0.2) is 0 Å². The average Bonchev–Trinajstić information content (AvgIpc) is 2.57. The van der Waals surface area contributed by atoms with Gasteiger partial charge in [-0.05, 0) is 11.6 Å². The van der Waals surface area contributed by atoms with Crippen LogP contribution in [0.4, 0.5) is 5.69 Å². The first-order valence-corrected chi connectivity index (χ1v) is 5.09. The summed E-state index contributed by atoms with van der Waals surface area (Å²) in [7, 11) is 3.49. The molecule has 1 aromatic rings. The lowest BCUT2D eigenvalue weighted by Gasteiger charge is -2.11. The van der Waals surface area contributed by atoms with Crippen LogP contribution in [0.3, 0.4) is 0 Å². The van der Waals surface area contributed by atoms with E-state index in [9.17, 15) is 4.79 Å². The first-order chi connectivity index (χ1) is 7.22. The van der Waals surface area contributed by atoms with Crippen molar-refractivity contribution < 1.29 is 9.53 Å². The fourth-order valence-corrected chi connectivity index (χ4v) is 2.17. The maximum atomic E-state index is 11.2. The second-order valence-corrected chi connectivity index (χ2v) is 3.92. The SMILES string of the molecule is COC(=O)CC1CN(C)c2ccccc21. The third-order valence-corrected chi connectivity index (χ3v) is 2.92. The summed E-state index contributed by atoms with van der Waals surface area (Å²) >= 11 is 0. The Morgan fingerprint density at radius 3 is 3.00 bits per heavy atom. The van der Waals surface area contributed by atoms with E-state index >= 15 is 0 Å². The molecule has 1 unspecified atom stereocenters. The van der Waals surface area contributed by atoms with Crippen LogP contribution in [0.5, 0.6) is 0 Å². The maximum Gasteiger partial charge on any atom is 0.306 e. The van der Waals surface area contributed by atoms with Crippen LogP contribution in [-0.2, 0) is 9.53 Å². The fraction of sp³-hybridized carbons (Fsp3) is 0.417. The van der Waals surface area contributed by atoms with E-state index in [1.165, 1.54) is 18.4 Å². The van der Waals surface area contributed by atoms with Crippen molar-refractivity contribution in [1.29, 1.82) is 0 Å². The van der Waals surface area contributed by atoms with Gasteiger partial charge in [-0.15, -0.1) is 0 Å². The molecule has 1 aliphatic rings. The number of para-hydroxylation sites is 1. The third-order valence-electron chi connectivity index (χ3n) is 2.92. The van der Waals surface area contributed by atoms with Gasteiger partial charge in [0.1, 0.15) is 0 Å². The minimum absolute atomic E-state index is 0.134. The summed E-state index contributed by atoms with van der Waals surface area (Å²) in [5.74, 6) is 0.142. The maximum absolute atomic E-state index is 11.2. The number of ether oxygens (including phenoxy) is 1. The van der Waals surface area contributed by atoms with Gasteiger partial charge in [0.25, 0.3) is 0 Å². The molecule has 0 aliphatic carbocycles. The number of hydrogen-bond donors (Lipinski definition) is 0. The number of anilines is 1. The highest BCUT2D eigenvalue weighted by molar-refractivity contribution is 5.72. The molecule has 80 valence electrons. The van der Waals surface area contributed by atoms with Gasteiger partial charge in [-0.25, -0.2) is 0 Å². The van der Waals surface area contributed by atoms with Crippen LogP contribution >= 0.6 is 0 Å². The Hall–Kier alpha value is -1.51. The van der Waals surface area contributed by atoms with E-state index < -0.39 is 0 Å². The molecule has 0 spiro atoms. The molecule has 2 rings (SSSR count). The number of fused-ring (bicyclic) bond motifs is 1. The van der Waals surface area contributed by atoms with Crippen molar-refractivity contribution >= 4 is 11.7 Å². The van der Waals surface area contributed by atoms with E-state index in [-0.39, 0.29) is 11.9 Å². The van der Waals surface area contributed by atoms with E-state index in [1.807, 2.05) is 12.1 Å². The molecule has 0 bridgehead atoms.